The van der Waals surface area contributed by atoms with Gasteiger partial charge in [0.2, 0.25) is 5.91 Å². The van der Waals surface area contributed by atoms with Gasteiger partial charge in [-0.2, -0.15) is 0 Å². The van der Waals surface area contributed by atoms with Gasteiger partial charge in [-0.3, -0.25) is 9.59 Å². The minimum absolute atomic E-state index is 0.0835. The summed E-state index contributed by atoms with van der Waals surface area (Å²) in [6, 6.07) is 20.7. The van der Waals surface area contributed by atoms with Crippen molar-refractivity contribution in [1.82, 2.24) is 5.32 Å². The highest BCUT2D eigenvalue weighted by atomic mass is 32.2. The number of hydrogen-bond acceptors (Lipinski definition) is 5. The van der Waals surface area contributed by atoms with Gasteiger partial charge >= 0.3 is 0 Å². The van der Waals surface area contributed by atoms with E-state index in [0.717, 1.165) is 12.0 Å². The van der Waals surface area contributed by atoms with Crippen LogP contribution in [-0.4, -0.2) is 39.1 Å². The Balaban J connectivity index is 1.43. The first-order chi connectivity index (χ1) is 15.7. The number of rotatable bonds is 6. The molecule has 0 saturated carbocycles. The van der Waals surface area contributed by atoms with Gasteiger partial charge in [-0.25, -0.2) is 8.42 Å². The number of hydrogen-bond donors (Lipinski definition) is 1. The van der Waals surface area contributed by atoms with E-state index in [9.17, 15) is 18.0 Å². The third-order valence-corrected chi connectivity index (χ3v) is 6.58. The summed E-state index contributed by atoms with van der Waals surface area (Å²) in [7, 11) is -3.43. The first kappa shape index (κ1) is 22.5. The van der Waals surface area contributed by atoms with E-state index in [2.05, 4.69) is 5.32 Å². The Morgan fingerprint density at radius 3 is 2.33 bits per heavy atom. The normalized spacial score (nSPS) is 16.0. The molecule has 3 aromatic rings. The number of ether oxygens (including phenoxy) is 1. The highest BCUT2D eigenvalue weighted by molar-refractivity contribution is 7.90. The number of para-hydroxylation sites is 1. The van der Waals surface area contributed by atoms with E-state index in [1.54, 1.807) is 42.2 Å². The Labute approximate surface area is 192 Å². The number of amides is 2. The van der Waals surface area contributed by atoms with Crippen molar-refractivity contribution in [1.29, 1.82) is 0 Å². The fourth-order valence-corrected chi connectivity index (χ4v) is 4.36. The molecule has 33 heavy (non-hydrogen) atoms. The van der Waals surface area contributed by atoms with E-state index in [0.29, 0.717) is 23.5 Å². The maximum atomic E-state index is 12.8. The topological polar surface area (TPSA) is 92.8 Å². The molecule has 1 heterocycles. The van der Waals surface area contributed by atoms with Gasteiger partial charge < -0.3 is 15.0 Å². The molecule has 3 aromatic carbocycles. The van der Waals surface area contributed by atoms with Crippen LogP contribution in [0.5, 0.6) is 11.5 Å². The number of carbonyl (C=O) groups excluding carboxylic acids is 2. The Morgan fingerprint density at radius 2 is 1.67 bits per heavy atom. The summed E-state index contributed by atoms with van der Waals surface area (Å²) in [5.74, 6) is 0.881. The van der Waals surface area contributed by atoms with Gasteiger partial charge in [0.15, 0.2) is 9.84 Å². The summed E-state index contributed by atoms with van der Waals surface area (Å²) in [5.41, 5.74) is 1.66. The zero-order chi connectivity index (χ0) is 23.6. The van der Waals surface area contributed by atoms with Crippen molar-refractivity contribution in [2.75, 3.05) is 17.7 Å². The molecule has 2 amide bonds. The van der Waals surface area contributed by atoms with Crippen molar-refractivity contribution >= 4 is 27.3 Å². The molecule has 1 aliphatic rings. The van der Waals surface area contributed by atoms with Crippen LogP contribution in [0.25, 0.3) is 0 Å². The summed E-state index contributed by atoms with van der Waals surface area (Å²) in [5, 5.41) is 2.87. The number of nitrogens with one attached hydrogen (secondary N) is 1. The zero-order valence-electron chi connectivity index (χ0n) is 18.3. The van der Waals surface area contributed by atoms with E-state index in [1.165, 1.54) is 12.1 Å². The van der Waals surface area contributed by atoms with Crippen LogP contribution in [0.15, 0.2) is 77.7 Å². The number of aryl methyl sites for hydroxylation is 1. The van der Waals surface area contributed by atoms with Crippen molar-refractivity contribution in [2.24, 2.45) is 0 Å². The van der Waals surface area contributed by atoms with Crippen molar-refractivity contribution in [2.45, 2.75) is 24.3 Å². The molecule has 0 bridgehead atoms. The molecule has 7 nitrogen and oxygen atoms in total. The minimum Gasteiger partial charge on any atom is -0.457 e. The maximum Gasteiger partial charge on any atom is 0.251 e. The second-order valence-corrected chi connectivity index (χ2v) is 10.1. The molecule has 1 fully saturated rings. The molecular weight excluding hydrogens is 440 g/mol. The lowest BCUT2D eigenvalue weighted by Gasteiger charge is -2.18. The summed E-state index contributed by atoms with van der Waals surface area (Å²) in [4.78, 5) is 27.1. The van der Waals surface area contributed by atoms with Crippen LogP contribution in [0.2, 0.25) is 0 Å². The Hall–Kier alpha value is -3.65. The fraction of sp³-hybridized carbons (Fsp3) is 0.200. The smallest absolute Gasteiger partial charge is 0.251 e. The molecule has 1 saturated heterocycles. The summed E-state index contributed by atoms with van der Waals surface area (Å²) < 4.78 is 29.5. The predicted octanol–water partition coefficient (Wildman–Crippen LogP) is 3.73. The van der Waals surface area contributed by atoms with Crippen molar-refractivity contribution < 1.29 is 22.7 Å². The Kier molecular flexibility index (Phi) is 6.20. The number of anilines is 1. The number of sulfone groups is 1. The lowest BCUT2D eigenvalue weighted by molar-refractivity contribution is -0.117. The largest absolute Gasteiger partial charge is 0.457 e. The zero-order valence-corrected chi connectivity index (χ0v) is 19.1. The third-order valence-electron chi connectivity index (χ3n) is 5.47. The molecule has 0 radical (unpaired) electrons. The standard InChI is InChI=1S/C25H24N2O5S/c1-17-8-13-22(33(2,30)31)15-23(17)25(29)26-18-14-24(28)27(16-18)19-9-11-21(12-10-19)32-20-6-4-3-5-7-20/h3-13,15,18H,14,16H2,1-2H3,(H,26,29). The van der Waals surface area contributed by atoms with Gasteiger partial charge in [0.1, 0.15) is 11.5 Å². The third kappa shape index (κ3) is 5.23. The van der Waals surface area contributed by atoms with E-state index in [4.69, 9.17) is 4.74 Å². The molecule has 0 aliphatic carbocycles. The molecule has 1 N–H and O–H groups in total. The van der Waals surface area contributed by atoms with Gasteiger partial charge in [-0.05, 0) is 61.0 Å². The molecule has 1 unspecified atom stereocenters. The second kappa shape index (κ2) is 9.07. The first-order valence-electron chi connectivity index (χ1n) is 10.5. The van der Waals surface area contributed by atoms with Crippen LogP contribution in [-0.2, 0) is 14.6 Å². The van der Waals surface area contributed by atoms with Gasteiger partial charge in [0.25, 0.3) is 5.91 Å². The summed E-state index contributed by atoms with van der Waals surface area (Å²) in [6.45, 7) is 2.07. The maximum absolute atomic E-state index is 12.8. The SMILES string of the molecule is Cc1ccc(S(C)(=O)=O)cc1C(=O)NC1CC(=O)N(c2ccc(Oc3ccccc3)cc2)C1. The van der Waals surface area contributed by atoms with Crippen LogP contribution in [0.3, 0.4) is 0 Å². The van der Waals surface area contributed by atoms with Crippen LogP contribution >= 0.6 is 0 Å². The van der Waals surface area contributed by atoms with Crippen LogP contribution in [0.4, 0.5) is 5.69 Å². The molecule has 4 rings (SSSR count). The van der Waals surface area contributed by atoms with E-state index < -0.39 is 15.7 Å². The quantitative estimate of drug-likeness (QED) is 0.600. The molecular formula is C25H24N2O5S. The molecule has 170 valence electrons. The second-order valence-electron chi connectivity index (χ2n) is 8.04. The van der Waals surface area contributed by atoms with Crippen molar-refractivity contribution in [3.63, 3.8) is 0 Å². The number of carbonyl (C=O) groups is 2. The van der Waals surface area contributed by atoms with Crippen LogP contribution in [0.1, 0.15) is 22.3 Å². The van der Waals surface area contributed by atoms with Crippen LogP contribution in [0, 0.1) is 6.92 Å². The van der Waals surface area contributed by atoms with E-state index in [1.807, 2.05) is 30.3 Å². The molecule has 0 spiro atoms. The average molecular weight is 465 g/mol. The number of nitrogens with zero attached hydrogens (tertiary/aromatic N) is 1. The lowest BCUT2D eigenvalue weighted by atomic mass is 10.1. The van der Waals surface area contributed by atoms with E-state index >= 15 is 0 Å². The van der Waals surface area contributed by atoms with Gasteiger partial charge in [0.05, 0.1) is 10.9 Å². The van der Waals surface area contributed by atoms with Gasteiger partial charge in [-0.1, -0.05) is 24.3 Å². The molecule has 0 aromatic heterocycles. The molecule has 8 heteroatoms. The number of benzene rings is 3. The monoisotopic (exact) mass is 464 g/mol. The Morgan fingerprint density at radius 1 is 1.00 bits per heavy atom. The average Bonchev–Trinajstić information content (AvgIpc) is 3.14. The van der Waals surface area contributed by atoms with Crippen molar-refractivity contribution in [3.05, 3.63) is 83.9 Å². The predicted molar refractivity (Wildman–Crippen MR) is 125 cm³/mol. The highest BCUT2D eigenvalue weighted by Crippen LogP contribution is 2.27. The fourth-order valence-electron chi connectivity index (χ4n) is 3.71. The van der Waals surface area contributed by atoms with Gasteiger partial charge in [0, 0.05) is 30.5 Å². The highest BCUT2D eigenvalue weighted by Gasteiger charge is 2.32. The minimum atomic E-state index is -3.43. The first-order valence-corrected chi connectivity index (χ1v) is 12.3. The van der Waals surface area contributed by atoms with Gasteiger partial charge in [-0.15, -0.1) is 0 Å². The summed E-state index contributed by atoms with van der Waals surface area (Å²) >= 11 is 0. The molecule has 1 aliphatic heterocycles. The lowest BCUT2D eigenvalue weighted by Crippen LogP contribution is -2.37. The van der Waals surface area contributed by atoms with Crippen molar-refractivity contribution in [3.8, 4) is 11.5 Å². The summed E-state index contributed by atoms with van der Waals surface area (Å²) in [6.07, 6.45) is 1.27. The van der Waals surface area contributed by atoms with E-state index in [-0.39, 0.29) is 28.8 Å². The molecule has 1 atom stereocenters. The van der Waals surface area contributed by atoms with Crippen LogP contribution < -0.4 is 15.0 Å². The Bertz CT molecular complexity index is 1290.